The third-order valence-electron chi connectivity index (χ3n) is 1.31. The molecule has 0 aromatic carbocycles. The van der Waals surface area contributed by atoms with E-state index in [1.165, 1.54) is 11.3 Å². The molecule has 0 fully saturated rings. The van der Waals surface area contributed by atoms with Gasteiger partial charge in [-0.25, -0.2) is 0 Å². The first kappa shape index (κ1) is 9.27. The molecule has 0 amide bonds. The molecule has 1 heterocycles. The number of rotatable bonds is 2. The smallest absolute Gasteiger partial charge is 0.0774 e. The van der Waals surface area contributed by atoms with Crippen molar-refractivity contribution in [2.75, 3.05) is 6.54 Å². The fourth-order valence-electron chi connectivity index (χ4n) is 0.766. The quantitative estimate of drug-likeness (QED) is 0.667. The van der Waals surface area contributed by atoms with Crippen molar-refractivity contribution in [2.24, 2.45) is 5.73 Å². The predicted octanol–water partition coefficient (Wildman–Crippen LogP) is 0.941. The molecule has 0 radical (unpaired) electrons. The molecule has 3 N–H and O–H groups in total. The number of thiophene rings is 1. The van der Waals surface area contributed by atoms with E-state index >= 15 is 0 Å². The second-order valence-corrected chi connectivity index (χ2v) is 3.30. The molecule has 0 unspecified atom stereocenters. The average Bonchev–Trinajstić information content (AvgIpc) is 2.53. The first-order valence-electron chi connectivity index (χ1n) is 3.74. The van der Waals surface area contributed by atoms with Crippen LogP contribution in [0.15, 0.2) is 11.4 Å². The molecule has 1 aromatic rings. The van der Waals surface area contributed by atoms with Crippen molar-refractivity contribution >= 4 is 11.3 Å². The molecule has 0 aliphatic rings. The third-order valence-corrected chi connectivity index (χ3v) is 2.23. The highest BCUT2D eigenvalue weighted by Gasteiger charge is 1.93. The van der Waals surface area contributed by atoms with E-state index in [-0.39, 0.29) is 6.61 Å². The van der Waals surface area contributed by atoms with Crippen LogP contribution in [0.5, 0.6) is 0 Å². The summed E-state index contributed by atoms with van der Waals surface area (Å²) in [6, 6.07) is 1.90. The van der Waals surface area contributed by atoms with Crippen LogP contribution in [-0.2, 0) is 6.61 Å². The zero-order valence-electron chi connectivity index (χ0n) is 6.71. The van der Waals surface area contributed by atoms with Gasteiger partial charge >= 0.3 is 0 Å². The Morgan fingerprint density at radius 2 is 2.42 bits per heavy atom. The normalized spacial score (nSPS) is 9.17. The van der Waals surface area contributed by atoms with Crippen molar-refractivity contribution in [2.45, 2.75) is 13.0 Å². The molecule has 0 atom stereocenters. The van der Waals surface area contributed by atoms with E-state index in [0.29, 0.717) is 6.54 Å². The van der Waals surface area contributed by atoms with Crippen molar-refractivity contribution in [3.8, 4) is 11.8 Å². The van der Waals surface area contributed by atoms with Crippen LogP contribution in [0.3, 0.4) is 0 Å². The Morgan fingerprint density at radius 3 is 3.00 bits per heavy atom. The largest absolute Gasteiger partial charge is 0.391 e. The second kappa shape index (κ2) is 4.94. The summed E-state index contributed by atoms with van der Waals surface area (Å²) < 4.78 is 0. The maximum absolute atomic E-state index is 8.76. The number of aliphatic hydroxyl groups is 1. The van der Waals surface area contributed by atoms with Gasteiger partial charge in [0.25, 0.3) is 0 Å². The van der Waals surface area contributed by atoms with Gasteiger partial charge in [-0.05, 0) is 6.07 Å². The van der Waals surface area contributed by atoms with Gasteiger partial charge in [0.15, 0.2) is 0 Å². The standard InChI is InChI=1S/C9H11NOS/c10-4-2-1-3-8-5-9(6-11)12-7-8/h5,7,11H,2,4,6,10H2. The van der Waals surface area contributed by atoms with E-state index < -0.39 is 0 Å². The van der Waals surface area contributed by atoms with Gasteiger partial charge in [0.2, 0.25) is 0 Å². The lowest BCUT2D eigenvalue weighted by molar-refractivity contribution is 0.285. The molecule has 0 aliphatic carbocycles. The van der Waals surface area contributed by atoms with Crippen LogP contribution in [0.4, 0.5) is 0 Å². The minimum Gasteiger partial charge on any atom is -0.391 e. The van der Waals surface area contributed by atoms with Crippen molar-refractivity contribution < 1.29 is 5.11 Å². The van der Waals surface area contributed by atoms with Crippen LogP contribution in [0.1, 0.15) is 16.9 Å². The molecule has 3 heteroatoms. The first-order chi connectivity index (χ1) is 5.86. The first-order valence-corrected chi connectivity index (χ1v) is 4.62. The number of hydrogen-bond acceptors (Lipinski definition) is 3. The summed E-state index contributed by atoms with van der Waals surface area (Å²) in [7, 11) is 0. The topological polar surface area (TPSA) is 46.2 Å². The van der Waals surface area contributed by atoms with Gasteiger partial charge in [-0.3, -0.25) is 0 Å². The summed E-state index contributed by atoms with van der Waals surface area (Å²) in [5.74, 6) is 5.91. The van der Waals surface area contributed by atoms with Crippen molar-refractivity contribution in [3.63, 3.8) is 0 Å². The van der Waals surface area contributed by atoms with Gasteiger partial charge in [0.05, 0.1) is 6.61 Å². The van der Waals surface area contributed by atoms with Crippen LogP contribution in [-0.4, -0.2) is 11.7 Å². The Morgan fingerprint density at radius 1 is 1.58 bits per heavy atom. The monoisotopic (exact) mass is 181 g/mol. The number of hydrogen-bond donors (Lipinski definition) is 2. The van der Waals surface area contributed by atoms with Gasteiger partial charge in [-0.15, -0.1) is 11.3 Å². The number of nitrogens with two attached hydrogens (primary N) is 1. The zero-order valence-corrected chi connectivity index (χ0v) is 7.53. The van der Waals surface area contributed by atoms with Gasteiger partial charge < -0.3 is 10.8 Å². The fourth-order valence-corrected chi connectivity index (χ4v) is 1.44. The Kier molecular flexibility index (Phi) is 3.81. The van der Waals surface area contributed by atoms with Crippen LogP contribution < -0.4 is 5.73 Å². The summed E-state index contributed by atoms with van der Waals surface area (Å²) >= 11 is 1.52. The SMILES string of the molecule is NCCC#Cc1csc(CO)c1. The molecule has 0 spiro atoms. The Hall–Kier alpha value is -0.820. The van der Waals surface area contributed by atoms with E-state index in [9.17, 15) is 0 Å². The molecule has 64 valence electrons. The summed E-state index contributed by atoms with van der Waals surface area (Å²) in [5, 5.41) is 10.7. The predicted molar refractivity (Wildman–Crippen MR) is 50.8 cm³/mol. The molecular formula is C9H11NOS. The molecule has 0 aliphatic heterocycles. The highest BCUT2D eigenvalue weighted by Crippen LogP contribution is 2.12. The van der Waals surface area contributed by atoms with E-state index in [1.807, 2.05) is 11.4 Å². The van der Waals surface area contributed by atoms with E-state index in [1.54, 1.807) is 0 Å². The molecule has 2 nitrogen and oxygen atoms in total. The highest BCUT2D eigenvalue weighted by molar-refractivity contribution is 7.10. The Balaban J connectivity index is 2.59. The summed E-state index contributed by atoms with van der Waals surface area (Å²) in [6.07, 6.45) is 0.726. The molecule has 1 aromatic heterocycles. The van der Waals surface area contributed by atoms with Gasteiger partial charge in [-0.2, -0.15) is 0 Å². The second-order valence-electron chi connectivity index (χ2n) is 2.30. The zero-order chi connectivity index (χ0) is 8.81. The molecule has 1 rings (SSSR count). The molecule has 12 heavy (non-hydrogen) atoms. The molecule has 0 saturated carbocycles. The minimum atomic E-state index is 0.100. The lowest BCUT2D eigenvalue weighted by Crippen LogP contribution is -1.95. The van der Waals surface area contributed by atoms with Crippen LogP contribution >= 0.6 is 11.3 Å². The molecule has 0 saturated heterocycles. The maximum Gasteiger partial charge on any atom is 0.0774 e. The fraction of sp³-hybridized carbons (Fsp3) is 0.333. The lowest BCUT2D eigenvalue weighted by atomic mass is 10.3. The Labute approximate surface area is 76.0 Å². The maximum atomic E-state index is 8.76. The van der Waals surface area contributed by atoms with E-state index in [2.05, 4.69) is 11.8 Å². The molecular weight excluding hydrogens is 170 g/mol. The number of aliphatic hydroxyl groups excluding tert-OH is 1. The van der Waals surface area contributed by atoms with Crippen LogP contribution in [0.2, 0.25) is 0 Å². The minimum absolute atomic E-state index is 0.100. The third kappa shape index (κ3) is 2.67. The average molecular weight is 181 g/mol. The van der Waals surface area contributed by atoms with Crippen LogP contribution in [0.25, 0.3) is 0 Å². The molecule has 0 bridgehead atoms. The van der Waals surface area contributed by atoms with Gasteiger partial charge in [-0.1, -0.05) is 11.8 Å². The highest BCUT2D eigenvalue weighted by atomic mass is 32.1. The summed E-state index contributed by atoms with van der Waals surface area (Å²) in [6.45, 7) is 0.702. The Bertz CT molecular complexity index is 295. The van der Waals surface area contributed by atoms with E-state index in [4.69, 9.17) is 10.8 Å². The van der Waals surface area contributed by atoms with Crippen molar-refractivity contribution in [1.82, 2.24) is 0 Å². The van der Waals surface area contributed by atoms with Crippen molar-refractivity contribution in [3.05, 3.63) is 21.9 Å². The summed E-state index contributed by atoms with van der Waals surface area (Å²) in [4.78, 5) is 0.951. The van der Waals surface area contributed by atoms with Crippen LogP contribution in [0, 0.1) is 11.8 Å². The summed E-state index contributed by atoms with van der Waals surface area (Å²) in [5.41, 5.74) is 6.25. The van der Waals surface area contributed by atoms with E-state index in [0.717, 1.165) is 16.9 Å². The van der Waals surface area contributed by atoms with Gasteiger partial charge in [0, 0.05) is 28.8 Å². The van der Waals surface area contributed by atoms with Gasteiger partial charge in [0.1, 0.15) is 0 Å². The van der Waals surface area contributed by atoms with Crippen molar-refractivity contribution in [1.29, 1.82) is 0 Å². The lowest BCUT2D eigenvalue weighted by Gasteiger charge is -1.81.